The van der Waals surface area contributed by atoms with Gasteiger partial charge in [0.15, 0.2) is 0 Å². The predicted octanol–water partition coefficient (Wildman–Crippen LogP) is 4.72. The molecule has 0 unspecified atom stereocenters. The highest BCUT2D eigenvalue weighted by molar-refractivity contribution is 5.78. The molecule has 2 N–H and O–H groups in total. The van der Waals surface area contributed by atoms with Crippen molar-refractivity contribution in [1.82, 2.24) is 10.2 Å². The van der Waals surface area contributed by atoms with Crippen molar-refractivity contribution in [1.29, 1.82) is 0 Å². The number of carbonyl (C=O) groups is 1. The van der Waals surface area contributed by atoms with Crippen molar-refractivity contribution >= 4 is 5.97 Å². The Morgan fingerprint density at radius 3 is 2.00 bits per heavy atom. The van der Waals surface area contributed by atoms with Crippen LogP contribution in [0.15, 0.2) is 36.4 Å². The normalized spacial score (nSPS) is 24.9. The van der Waals surface area contributed by atoms with Gasteiger partial charge >= 0.3 is 5.97 Å². The van der Waals surface area contributed by atoms with Crippen LogP contribution in [0.5, 0.6) is 0 Å². The number of benzene rings is 1. The Labute approximate surface area is 193 Å². The van der Waals surface area contributed by atoms with Gasteiger partial charge in [-0.05, 0) is 64.5 Å². The number of carboxylic acids is 1. The van der Waals surface area contributed by atoms with Crippen LogP contribution in [0.2, 0.25) is 0 Å². The third-order valence-electron chi connectivity index (χ3n) is 7.94. The van der Waals surface area contributed by atoms with Crippen molar-refractivity contribution in [3.8, 4) is 0 Å². The second kappa shape index (κ2) is 11.1. The van der Waals surface area contributed by atoms with Gasteiger partial charge in [0.25, 0.3) is 0 Å². The lowest BCUT2D eigenvalue weighted by atomic mass is 9.78. The number of ether oxygens (including phenoxy) is 1. The molecule has 1 aromatic rings. The molecule has 5 rings (SSSR count). The van der Waals surface area contributed by atoms with Crippen molar-refractivity contribution in [3.63, 3.8) is 0 Å². The van der Waals surface area contributed by atoms with E-state index in [0.29, 0.717) is 6.10 Å². The fourth-order valence-corrected chi connectivity index (χ4v) is 5.14. The number of hydrogen-bond acceptors (Lipinski definition) is 4. The molecular formula is C27H42N2O3. The van der Waals surface area contributed by atoms with E-state index >= 15 is 0 Å². The molecule has 4 aliphatic rings. The average molecular weight is 443 g/mol. The standard InChI is InChI=1S/C21H36N2O3.C6H6/c24-19(25)21(8-9-21)15-23-12-10-20(11-13-23,14-22-17-6-7-17)16-26-18-4-2-1-3-5-18;1-2-4-6-5-3-1/h17-18,22H,1-16H2,(H,24,25);1-6H. The Morgan fingerprint density at radius 1 is 0.906 bits per heavy atom. The number of hydrogen-bond donors (Lipinski definition) is 2. The van der Waals surface area contributed by atoms with Gasteiger partial charge in [-0.2, -0.15) is 0 Å². The second-order valence-corrected chi connectivity index (χ2v) is 10.7. The predicted molar refractivity (Wildman–Crippen MR) is 128 cm³/mol. The Hall–Kier alpha value is -1.43. The van der Waals surface area contributed by atoms with E-state index in [2.05, 4.69) is 10.2 Å². The number of nitrogens with one attached hydrogen (secondary N) is 1. The average Bonchev–Trinajstić information content (AvgIpc) is 3.76. The molecular weight excluding hydrogens is 400 g/mol. The van der Waals surface area contributed by atoms with Crippen LogP contribution in [0.25, 0.3) is 0 Å². The van der Waals surface area contributed by atoms with Crippen LogP contribution >= 0.6 is 0 Å². The lowest BCUT2D eigenvalue weighted by Crippen LogP contribution is -2.50. The molecule has 1 aliphatic heterocycles. The Bertz CT molecular complexity index is 661. The molecule has 3 saturated carbocycles. The molecule has 4 fully saturated rings. The molecule has 0 amide bonds. The maximum absolute atomic E-state index is 11.5. The van der Waals surface area contributed by atoms with Crippen LogP contribution < -0.4 is 5.32 Å². The summed E-state index contributed by atoms with van der Waals surface area (Å²) in [5.74, 6) is -0.592. The SMILES string of the molecule is O=C(O)C1(CN2CCC(CNC3CC3)(COC3CCCCC3)CC2)CC1.c1ccccc1. The highest BCUT2D eigenvalue weighted by Crippen LogP contribution is 2.47. The quantitative estimate of drug-likeness (QED) is 0.579. The summed E-state index contributed by atoms with van der Waals surface area (Å²) in [5.41, 5.74) is -0.179. The zero-order valence-corrected chi connectivity index (χ0v) is 19.6. The lowest BCUT2D eigenvalue weighted by Gasteiger charge is -2.43. The van der Waals surface area contributed by atoms with Gasteiger partial charge in [0.2, 0.25) is 0 Å². The summed E-state index contributed by atoms with van der Waals surface area (Å²) in [5, 5.41) is 13.2. The number of aliphatic carboxylic acids is 1. The van der Waals surface area contributed by atoms with Gasteiger partial charge in [-0.1, -0.05) is 55.7 Å². The highest BCUT2D eigenvalue weighted by atomic mass is 16.5. The van der Waals surface area contributed by atoms with Gasteiger partial charge in [-0.15, -0.1) is 0 Å². The zero-order valence-electron chi connectivity index (χ0n) is 19.6. The van der Waals surface area contributed by atoms with Crippen LogP contribution in [0.1, 0.15) is 70.6 Å². The largest absolute Gasteiger partial charge is 0.481 e. The van der Waals surface area contributed by atoms with Crippen molar-refractivity contribution in [2.75, 3.05) is 32.8 Å². The maximum atomic E-state index is 11.5. The molecule has 5 nitrogen and oxygen atoms in total. The molecule has 1 heterocycles. The summed E-state index contributed by atoms with van der Waals surface area (Å²) in [6, 6.07) is 12.7. The van der Waals surface area contributed by atoms with E-state index in [1.165, 1.54) is 44.9 Å². The molecule has 3 aliphatic carbocycles. The third-order valence-corrected chi connectivity index (χ3v) is 7.94. The van der Waals surface area contributed by atoms with Gasteiger partial charge in [0, 0.05) is 24.5 Å². The smallest absolute Gasteiger partial charge is 0.310 e. The van der Waals surface area contributed by atoms with Crippen LogP contribution in [-0.4, -0.2) is 60.9 Å². The fraction of sp³-hybridized carbons (Fsp3) is 0.741. The third kappa shape index (κ3) is 7.03. The summed E-state index contributed by atoms with van der Waals surface area (Å²) in [6.07, 6.45) is 13.6. The first-order chi connectivity index (χ1) is 15.6. The van der Waals surface area contributed by atoms with Crippen LogP contribution in [0.4, 0.5) is 0 Å². The fourth-order valence-electron chi connectivity index (χ4n) is 5.14. The summed E-state index contributed by atoms with van der Waals surface area (Å²) in [4.78, 5) is 13.9. The van der Waals surface area contributed by atoms with E-state index in [-0.39, 0.29) is 5.41 Å². The lowest BCUT2D eigenvalue weighted by molar-refractivity contribution is -0.144. The first kappa shape index (κ1) is 23.7. The first-order valence-electron chi connectivity index (χ1n) is 12.9. The molecule has 0 radical (unpaired) electrons. The maximum Gasteiger partial charge on any atom is 0.310 e. The number of likely N-dealkylation sites (tertiary alicyclic amines) is 1. The van der Waals surface area contributed by atoms with Crippen molar-refractivity contribution in [3.05, 3.63) is 36.4 Å². The Balaban J connectivity index is 0.000000354. The molecule has 0 bridgehead atoms. The molecule has 0 aromatic heterocycles. The molecule has 32 heavy (non-hydrogen) atoms. The minimum atomic E-state index is -0.592. The van der Waals surface area contributed by atoms with E-state index in [1.807, 2.05) is 36.4 Å². The number of piperidine rings is 1. The number of nitrogens with zero attached hydrogens (tertiary/aromatic N) is 1. The van der Waals surface area contributed by atoms with E-state index in [9.17, 15) is 9.90 Å². The van der Waals surface area contributed by atoms with E-state index in [0.717, 1.165) is 64.5 Å². The van der Waals surface area contributed by atoms with E-state index in [4.69, 9.17) is 4.74 Å². The zero-order chi connectivity index (χ0) is 22.3. The van der Waals surface area contributed by atoms with Gasteiger partial charge in [0.05, 0.1) is 18.1 Å². The Kier molecular flexibility index (Phi) is 8.25. The van der Waals surface area contributed by atoms with Crippen molar-refractivity contribution in [2.24, 2.45) is 10.8 Å². The molecule has 1 saturated heterocycles. The van der Waals surface area contributed by atoms with Gasteiger partial charge in [-0.25, -0.2) is 0 Å². The molecule has 5 heteroatoms. The van der Waals surface area contributed by atoms with Gasteiger partial charge in [0.1, 0.15) is 0 Å². The highest BCUT2D eigenvalue weighted by Gasteiger charge is 2.51. The second-order valence-electron chi connectivity index (χ2n) is 10.7. The molecule has 0 atom stereocenters. The summed E-state index contributed by atoms with van der Waals surface area (Å²) < 4.78 is 6.41. The molecule has 0 spiro atoms. The van der Waals surface area contributed by atoms with Crippen LogP contribution in [0, 0.1) is 10.8 Å². The van der Waals surface area contributed by atoms with Gasteiger partial charge < -0.3 is 20.1 Å². The number of carboxylic acid groups (broad SMARTS) is 1. The summed E-state index contributed by atoms with van der Waals surface area (Å²) >= 11 is 0. The van der Waals surface area contributed by atoms with Crippen molar-refractivity contribution < 1.29 is 14.6 Å². The topological polar surface area (TPSA) is 61.8 Å². The minimum absolute atomic E-state index is 0.247. The van der Waals surface area contributed by atoms with E-state index in [1.54, 1.807) is 0 Å². The summed E-state index contributed by atoms with van der Waals surface area (Å²) in [6.45, 7) is 4.75. The van der Waals surface area contributed by atoms with Gasteiger partial charge in [-0.3, -0.25) is 4.79 Å². The molecule has 1 aromatic carbocycles. The minimum Gasteiger partial charge on any atom is -0.481 e. The van der Waals surface area contributed by atoms with E-state index < -0.39 is 11.4 Å². The summed E-state index contributed by atoms with van der Waals surface area (Å²) in [7, 11) is 0. The first-order valence-corrected chi connectivity index (χ1v) is 12.9. The monoisotopic (exact) mass is 442 g/mol. The van der Waals surface area contributed by atoms with Crippen molar-refractivity contribution in [2.45, 2.75) is 82.8 Å². The van der Waals surface area contributed by atoms with Crippen LogP contribution in [-0.2, 0) is 9.53 Å². The molecule has 178 valence electrons. The number of rotatable bonds is 9. The van der Waals surface area contributed by atoms with Crippen LogP contribution in [0.3, 0.4) is 0 Å². The Morgan fingerprint density at radius 2 is 1.50 bits per heavy atom.